The monoisotopic (exact) mass is 398 g/mol. The van der Waals surface area contributed by atoms with E-state index >= 15 is 0 Å². The van der Waals surface area contributed by atoms with Gasteiger partial charge in [-0.1, -0.05) is 6.92 Å². The normalized spacial score (nSPS) is 32.1. The third kappa shape index (κ3) is 5.65. The molecular formula is C20H34N2O6. The molecule has 3 aliphatic rings. The summed E-state index contributed by atoms with van der Waals surface area (Å²) in [5, 5.41) is 13.1. The summed E-state index contributed by atoms with van der Waals surface area (Å²) in [5.41, 5.74) is 0. The van der Waals surface area contributed by atoms with Crippen molar-refractivity contribution >= 4 is 11.8 Å². The van der Waals surface area contributed by atoms with Crippen molar-refractivity contribution in [1.82, 2.24) is 10.2 Å². The summed E-state index contributed by atoms with van der Waals surface area (Å²) < 4.78 is 17.2. The van der Waals surface area contributed by atoms with Crippen LogP contribution in [0.5, 0.6) is 0 Å². The van der Waals surface area contributed by atoms with Crippen molar-refractivity contribution in [3.8, 4) is 0 Å². The zero-order chi connectivity index (χ0) is 19.9. The lowest BCUT2D eigenvalue weighted by atomic mass is 9.91. The summed E-state index contributed by atoms with van der Waals surface area (Å²) in [5.74, 6) is 0.0316. The predicted molar refractivity (Wildman–Crippen MR) is 102 cm³/mol. The Balaban J connectivity index is 1.64. The molecule has 0 saturated carbocycles. The van der Waals surface area contributed by atoms with Crippen molar-refractivity contribution in [2.75, 3.05) is 39.5 Å². The summed E-state index contributed by atoms with van der Waals surface area (Å²) in [7, 11) is 0. The fraction of sp³-hybridized carbons (Fsp3) is 0.900. The van der Waals surface area contributed by atoms with E-state index in [4.69, 9.17) is 14.2 Å². The van der Waals surface area contributed by atoms with Crippen LogP contribution in [0.3, 0.4) is 0 Å². The highest BCUT2D eigenvalue weighted by Gasteiger charge is 2.41. The van der Waals surface area contributed by atoms with Crippen molar-refractivity contribution in [2.24, 2.45) is 5.92 Å². The number of ether oxygens (including phenoxy) is 3. The Hall–Kier alpha value is -1.22. The Morgan fingerprint density at radius 1 is 1.11 bits per heavy atom. The fourth-order valence-electron chi connectivity index (χ4n) is 4.32. The fourth-order valence-corrected chi connectivity index (χ4v) is 4.32. The molecule has 0 spiro atoms. The second kappa shape index (κ2) is 10.5. The number of aliphatic hydroxyl groups excluding tert-OH is 1. The highest BCUT2D eigenvalue weighted by Crippen LogP contribution is 2.30. The van der Waals surface area contributed by atoms with Gasteiger partial charge in [0.05, 0.1) is 37.9 Å². The Labute approximate surface area is 166 Å². The number of nitrogens with one attached hydrogen (secondary N) is 1. The van der Waals surface area contributed by atoms with Crippen LogP contribution in [-0.4, -0.2) is 85.7 Å². The summed E-state index contributed by atoms with van der Waals surface area (Å²) in [4.78, 5) is 27.1. The van der Waals surface area contributed by atoms with E-state index in [1.165, 1.54) is 0 Å². The molecule has 8 heteroatoms. The van der Waals surface area contributed by atoms with Crippen LogP contribution in [-0.2, 0) is 23.8 Å². The molecule has 2 N–H and O–H groups in total. The van der Waals surface area contributed by atoms with Gasteiger partial charge in [-0.15, -0.1) is 0 Å². The van der Waals surface area contributed by atoms with E-state index in [-0.39, 0.29) is 49.1 Å². The van der Waals surface area contributed by atoms with E-state index in [1.807, 2.05) is 11.8 Å². The molecule has 0 bridgehead atoms. The smallest absolute Gasteiger partial charge is 0.226 e. The zero-order valence-electron chi connectivity index (χ0n) is 16.8. The van der Waals surface area contributed by atoms with Gasteiger partial charge < -0.3 is 29.5 Å². The van der Waals surface area contributed by atoms with E-state index in [0.717, 1.165) is 25.7 Å². The highest BCUT2D eigenvalue weighted by atomic mass is 16.5. The van der Waals surface area contributed by atoms with Crippen LogP contribution in [0.2, 0.25) is 0 Å². The molecule has 0 aromatic rings. The average molecular weight is 399 g/mol. The van der Waals surface area contributed by atoms with Gasteiger partial charge in [-0.25, -0.2) is 0 Å². The molecule has 3 aliphatic heterocycles. The molecular weight excluding hydrogens is 364 g/mol. The van der Waals surface area contributed by atoms with Gasteiger partial charge in [0.1, 0.15) is 6.10 Å². The quantitative estimate of drug-likeness (QED) is 0.699. The molecule has 4 atom stereocenters. The number of β-amino-alcohol motifs (C(OH)–C–C–N with tert-alkyl or cyclic N) is 1. The lowest BCUT2D eigenvalue weighted by Crippen LogP contribution is -2.58. The van der Waals surface area contributed by atoms with Crippen molar-refractivity contribution in [1.29, 1.82) is 0 Å². The van der Waals surface area contributed by atoms with Gasteiger partial charge in [-0.05, 0) is 32.1 Å². The van der Waals surface area contributed by atoms with Gasteiger partial charge in [0.2, 0.25) is 11.8 Å². The van der Waals surface area contributed by atoms with Crippen LogP contribution >= 0.6 is 0 Å². The summed E-state index contributed by atoms with van der Waals surface area (Å²) in [6, 6.07) is -0.125. The standard InChI is InChI=1S/C20H34N2O6/c1-2-7-21-19(24)10-16-3-4-17-18(28-16)13-27-12-15(23)11-22(17)20(25)14-5-8-26-9-6-14/h14-18,23H,2-13H2,1H3,(H,21,24)/t15-,16-,17+,18-/m1/s1. The van der Waals surface area contributed by atoms with E-state index < -0.39 is 6.10 Å². The van der Waals surface area contributed by atoms with Gasteiger partial charge in [-0.2, -0.15) is 0 Å². The first kappa shape index (κ1) is 21.5. The largest absolute Gasteiger partial charge is 0.389 e. The second-order valence-electron chi connectivity index (χ2n) is 8.06. The third-order valence-electron chi connectivity index (χ3n) is 5.82. The summed E-state index contributed by atoms with van der Waals surface area (Å²) in [6.07, 6.45) is 3.03. The Morgan fingerprint density at radius 2 is 1.89 bits per heavy atom. The molecule has 160 valence electrons. The number of rotatable bonds is 5. The van der Waals surface area contributed by atoms with Crippen LogP contribution in [0, 0.1) is 5.92 Å². The minimum atomic E-state index is -0.692. The van der Waals surface area contributed by atoms with Gasteiger partial charge in [-0.3, -0.25) is 9.59 Å². The minimum Gasteiger partial charge on any atom is -0.389 e. The van der Waals surface area contributed by atoms with Gasteiger partial charge in [0.15, 0.2) is 0 Å². The number of carbonyl (C=O) groups is 2. The maximum atomic E-state index is 13.2. The zero-order valence-corrected chi connectivity index (χ0v) is 16.8. The average Bonchev–Trinajstić information content (AvgIpc) is 2.70. The molecule has 8 nitrogen and oxygen atoms in total. The van der Waals surface area contributed by atoms with Crippen molar-refractivity contribution in [3.63, 3.8) is 0 Å². The first-order valence-electron chi connectivity index (χ1n) is 10.6. The van der Waals surface area contributed by atoms with E-state index in [9.17, 15) is 14.7 Å². The van der Waals surface area contributed by atoms with E-state index in [2.05, 4.69) is 5.32 Å². The molecule has 0 aromatic heterocycles. The number of carbonyl (C=O) groups excluding carboxylic acids is 2. The van der Waals surface area contributed by atoms with Crippen LogP contribution in [0.15, 0.2) is 0 Å². The van der Waals surface area contributed by atoms with Crippen molar-refractivity contribution in [3.05, 3.63) is 0 Å². The van der Waals surface area contributed by atoms with E-state index in [0.29, 0.717) is 39.2 Å². The number of fused-ring (bicyclic) bond motifs is 1. The molecule has 0 aromatic carbocycles. The number of hydrogen-bond acceptors (Lipinski definition) is 6. The van der Waals surface area contributed by atoms with Crippen molar-refractivity contribution in [2.45, 2.75) is 69.8 Å². The van der Waals surface area contributed by atoms with E-state index in [1.54, 1.807) is 0 Å². The molecule has 28 heavy (non-hydrogen) atoms. The lowest BCUT2D eigenvalue weighted by molar-refractivity contribution is -0.173. The van der Waals surface area contributed by atoms with Gasteiger partial charge in [0.25, 0.3) is 0 Å². The molecule has 3 heterocycles. The molecule has 3 fully saturated rings. The third-order valence-corrected chi connectivity index (χ3v) is 5.82. The number of hydrogen-bond donors (Lipinski definition) is 2. The van der Waals surface area contributed by atoms with Crippen LogP contribution in [0.4, 0.5) is 0 Å². The highest BCUT2D eigenvalue weighted by molar-refractivity contribution is 5.79. The molecule has 0 aliphatic carbocycles. The second-order valence-corrected chi connectivity index (χ2v) is 8.06. The lowest BCUT2D eigenvalue weighted by Gasteiger charge is -2.45. The molecule has 2 amide bonds. The first-order chi connectivity index (χ1) is 13.6. The Bertz CT molecular complexity index is 525. The number of aliphatic hydroxyl groups is 1. The first-order valence-corrected chi connectivity index (χ1v) is 10.6. The van der Waals surface area contributed by atoms with Crippen LogP contribution in [0.25, 0.3) is 0 Å². The van der Waals surface area contributed by atoms with Gasteiger partial charge >= 0.3 is 0 Å². The Morgan fingerprint density at radius 3 is 2.64 bits per heavy atom. The number of amides is 2. The number of nitrogens with zero attached hydrogens (tertiary/aromatic N) is 1. The minimum absolute atomic E-state index is 0.00243. The Kier molecular flexibility index (Phi) is 8.08. The topological polar surface area (TPSA) is 97.3 Å². The van der Waals surface area contributed by atoms with Gasteiger partial charge in [0, 0.05) is 32.2 Å². The SMILES string of the molecule is CCCNC(=O)C[C@H]1CC[C@H]2[C@@H](COC[C@H](O)CN2C(=O)C2CCOCC2)O1. The molecule has 0 unspecified atom stereocenters. The molecule has 3 rings (SSSR count). The predicted octanol–water partition coefficient (Wildman–Crippen LogP) is 0.465. The summed E-state index contributed by atoms with van der Waals surface area (Å²) >= 11 is 0. The molecule has 0 radical (unpaired) electrons. The van der Waals surface area contributed by atoms with Crippen LogP contribution in [0.1, 0.15) is 45.4 Å². The van der Waals surface area contributed by atoms with Crippen LogP contribution < -0.4 is 5.32 Å². The molecule has 3 saturated heterocycles. The maximum absolute atomic E-state index is 13.2. The summed E-state index contributed by atoms with van der Waals surface area (Å²) in [6.45, 7) is 4.68. The maximum Gasteiger partial charge on any atom is 0.226 e. The van der Waals surface area contributed by atoms with Crippen molar-refractivity contribution < 1.29 is 28.9 Å².